The largest absolute Gasteiger partial charge is 0.497 e. The van der Waals surface area contributed by atoms with Gasteiger partial charge in [0.25, 0.3) is 0 Å². The molecule has 1 saturated heterocycles. The van der Waals surface area contributed by atoms with E-state index in [1.54, 1.807) is 19.2 Å². The van der Waals surface area contributed by atoms with Crippen molar-refractivity contribution in [3.05, 3.63) is 59.7 Å². The Morgan fingerprint density at radius 3 is 2.29 bits per heavy atom. The van der Waals surface area contributed by atoms with Crippen LogP contribution in [0.5, 0.6) is 11.5 Å². The van der Waals surface area contributed by atoms with Crippen molar-refractivity contribution in [2.24, 2.45) is 0 Å². The van der Waals surface area contributed by atoms with Gasteiger partial charge < -0.3 is 34.6 Å². The van der Waals surface area contributed by atoms with E-state index in [1.807, 2.05) is 36.4 Å². The van der Waals surface area contributed by atoms with Gasteiger partial charge in [-0.05, 0) is 36.2 Å². The van der Waals surface area contributed by atoms with Crippen molar-refractivity contribution >= 4 is 0 Å². The maximum absolute atomic E-state index is 10.3. The summed E-state index contributed by atoms with van der Waals surface area (Å²) in [5.41, 5.74) is 1.90. The molecule has 0 aliphatic carbocycles. The van der Waals surface area contributed by atoms with E-state index in [0.717, 1.165) is 16.9 Å². The van der Waals surface area contributed by atoms with Gasteiger partial charge in [-0.2, -0.15) is 0 Å². The van der Waals surface area contributed by atoms with Crippen LogP contribution in [-0.2, 0) is 11.2 Å². The maximum Gasteiger partial charge on any atom is 0.229 e. The number of methoxy groups -OCH3 is 1. The van der Waals surface area contributed by atoms with Crippen molar-refractivity contribution in [3.63, 3.8) is 0 Å². The molecule has 0 aromatic heterocycles. The van der Waals surface area contributed by atoms with E-state index >= 15 is 0 Å². The number of ether oxygens (including phenoxy) is 3. The van der Waals surface area contributed by atoms with E-state index in [9.17, 15) is 20.4 Å². The predicted molar refractivity (Wildman–Crippen MR) is 101 cm³/mol. The summed E-state index contributed by atoms with van der Waals surface area (Å²) in [6.07, 6.45) is -7.13. The molecule has 3 rings (SSSR count). The third-order valence-electron chi connectivity index (χ3n) is 4.85. The standard InChI is InChI=1S/C21H26O7/c1-12(22)20-18(24)17(23)19(25)21(28-20)27-16-6-4-3-5-14(16)11-13-7-9-15(26-2)10-8-13/h3-10,12,17-25H,11H2,1-2H3/t12-,17+,18+,19-,20-,21-/m1/s1. The van der Waals surface area contributed by atoms with Gasteiger partial charge in [0, 0.05) is 6.42 Å². The number of rotatable bonds is 6. The summed E-state index contributed by atoms with van der Waals surface area (Å²) in [4.78, 5) is 0. The van der Waals surface area contributed by atoms with E-state index in [1.165, 1.54) is 6.92 Å². The second kappa shape index (κ2) is 8.89. The molecule has 0 saturated carbocycles. The number of para-hydroxylation sites is 1. The molecule has 0 bridgehead atoms. The predicted octanol–water partition coefficient (Wildman–Crippen LogP) is 0.853. The molecule has 0 amide bonds. The monoisotopic (exact) mass is 390 g/mol. The molecule has 7 heteroatoms. The maximum atomic E-state index is 10.3. The fourth-order valence-electron chi connectivity index (χ4n) is 3.22. The van der Waals surface area contributed by atoms with Crippen LogP contribution < -0.4 is 9.47 Å². The number of aliphatic hydroxyl groups is 4. The van der Waals surface area contributed by atoms with Crippen LogP contribution in [0.25, 0.3) is 0 Å². The van der Waals surface area contributed by atoms with Gasteiger partial charge in [-0.15, -0.1) is 0 Å². The smallest absolute Gasteiger partial charge is 0.229 e. The van der Waals surface area contributed by atoms with Crippen LogP contribution in [0.4, 0.5) is 0 Å². The molecule has 4 N–H and O–H groups in total. The summed E-state index contributed by atoms with van der Waals surface area (Å²) in [6.45, 7) is 1.44. The van der Waals surface area contributed by atoms with Gasteiger partial charge >= 0.3 is 0 Å². The van der Waals surface area contributed by atoms with Crippen molar-refractivity contribution in [2.75, 3.05) is 7.11 Å². The minimum absolute atomic E-state index is 0.482. The molecule has 1 heterocycles. The lowest BCUT2D eigenvalue weighted by atomic mass is 9.96. The van der Waals surface area contributed by atoms with Gasteiger partial charge in [0.15, 0.2) is 0 Å². The SMILES string of the molecule is COc1ccc(Cc2ccccc2O[C@@H]2O[C@H]([C@@H](C)O)[C@@H](O)[C@H](O)[C@H]2O)cc1. The van der Waals surface area contributed by atoms with Gasteiger partial charge in [-0.25, -0.2) is 0 Å². The van der Waals surface area contributed by atoms with Crippen molar-refractivity contribution in [2.45, 2.75) is 50.2 Å². The zero-order valence-corrected chi connectivity index (χ0v) is 15.8. The molecule has 7 nitrogen and oxygen atoms in total. The van der Waals surface area contributed by atoms with Gasteiger partial charge in [0.05, 0.1) is 13.2 Å². The first-order valence-corrected chi connectivity index (χ1v) is 9.16. The van der Waals surface area contributed by atoms with Crippen LogP contribution >= 0.6 is 0 Å². The van der Waals surface area contributed by atoms with Crippen LogP contribution in [0.15, 0.2) is 48.5 Å². The number of hydrogen-bond donors (Lipinski definition) is 4. The minimum Gasteiger partial charge on any atom is -0.497 e. The van der Waals surface area contributed by atoms with Crippen LogP contribution in [0.1, 0.15) is 18.1 Å². The fourth-order valence-corrected chi connectivity index (χ4v) is 3.22. The molecular weight excluding hydrogens is 364 g/mol. The third kappa shape index (κ3) is 4.45. The van der Waals surface area contributed by atoms with E-state index in [-0.39, 0.29) is 0 Å². The van der Waals surface area contributed by atoms with Crippen LogP contribution in [-0.4, -0.2) is 64.3 Å². The Morgan fingerprint density at radius 1 is 0.964 bits per heavy atom. The highest BCUT2D eigenvalue weighted by Gasteiger charge is 2.46. The second-order valence-electron chi connectivity index (χ2n) is 6.93. The van der Waals surface area contributed by atoms with Crippen molar-refractivity contribution < 1.29 is 34.6 Å². The summed E-state index contributed by atoms with van der Waals surface area (Å²) in [5.74, 6) is 1.25. The minimum atomic E-state index is -1.49. The molecule has 1 aliphatic heterocycles. The molecule has 0 spiro atoms. The van der Waals surface area contributed by atoms with Crippen LogP contribution in [0.3, 0.4) is 0 Å². The molecule has 0 unspecified atom stereocenters. The lowest BCUT2D eigenvalue weighted by molar-refractivity contribution is -0.286. The number of benzene rings is 2. The Bertz CT molecular complexity index is 762. The van der Waals surface area contributed by atoms with E-state index in [0.29, 0.717) is 12.2 Å². The van der Waals surface area contributed by atoms with E-state index < -0.39 is 36.8 Å². The highest BCUT2D eigenvalue weighted by Crippen LogP contribution is 2.29. The Morgan fingerprint density at radius 2 is 1.64 bits per heavy atom. The molecule has 2 aromatic carbocycles. The normalized spacial score (nSPS) is 28.6. The molecule has 1 fully saturated rings. The van der Waals surface area contributed by atoms with Gasteiger partial charge in [0.2, 0.25) is 6.29 Å². The number of hydrogen-bond acceptors (Lipinski definition) is 7. The van der Waals surface area contributed by atoms with Crippen LogP contribution in [0, 0.1) is 0 Å². The van der Waals surface area contributed by atoms with E-state index in [2.05, 4.69) is 0 Å². The highest BCUT2D eigenvalue weighted by atomic mass is 16.7. The molecular formula is C21H26O7. The lowest BCUT2D eigenvalue weighted by Gasteiger charge is -2.41. The second-order valence-corrected chi connectivity index (χ2v) is 6.93. The Hall–Kier alpha value is -2.16. The van der Waals surface area contributed by atoms with Crippen molar-refractivity contribution in [3.8, 4) is 11.5 Å². The van der Waals surface area contributed by atoms with Gasteiger partial charge in [-0.3, -0.25) is 0 Å². The summed E-state index contributed by atoms with van der Waals surface area (Å²) in [6, 6.07) is 14.9. The summed E-state index contributed by atoms with van der Waals surface area (Å²) < 4.78 is 16.5. The summed E-state index contributed by atoms with van der Waals surface area (Å²) in [7, 11) is 1.61. The first-order valence-electron chi connectivity index (χ1n) is 9.16. The highest BCUT2D eigenvalue weighted by molar-refractivity contribution is 5.39. The van der Waals surface area contributed by atoms with Gasteiger partial charge in [0.1, 0.15) is 35.9 Å². The quantitative estimate of drug-likeness (QED) is 0.579. The molecule has 2 aromatic rings. The Kier molecular flexibility index (Phi) is 6.53. The molecule has 152 valence electrons. The Labute approximate surface area is 163 Å². The summed E-state index contributed by atoms with van der Waals surface area (Å²) >= 11 is 0. The zero-order valence-electron chi connectivity index (χ0n) is 15.8. The average Bonchev–Trinajstić information content (AvgIpc) is 2.70. The zero-order chi connectivity index (χ0) is 20.3. The molecule has 1 aliphatic rings. The molecule has 28 heavy (non-hydrogen) atoms. The van der Waals surface area contributed by atoms with Gasteiger partial charge in [-0.1, -0.05) is 30.3 Å². The van der Waals surface area contributed by atoms with Crippen molar-refractivity contribution in [1.29, 1.82) is 0 Å². The molecule has 0 radical (unpaired) electrons. The number of aliphatic hydroxyl groups excluding tert-OH is 4. The fraction of sp³-hybridized carbons (Fsp3) is 0.429. The third-order valence-corrected chi connectivity index (χ3v) is 4.85. The van der Waals surface area contributed by atoms with Crippen molar-refractivity contribution in [1.82, 2.24) is 0 Å². The lowest BCUT2D eigenvalue weighted by Crippen LogP contribution is -2.61. The summed E-state index contributed by atoms with van der Waals surface area (Å²) in [5, 5.41) is 40.1. The van der Waals surface area contributed by atoms with Crippen LogP contribution in [0.2, 0.25) is 0 Å². The first-order chi connectivity index (χ1) is 13.4. The Balaban J connectivity index is 1.78. The molecule has 6 atom stereocenters. The first kappa shape index (κ1) is 20.6. The topological polar surface area (TPSA) is 109 Å². The van der Waals surface area contributed by atoms with E-state index in [4.69, 9.17) is 14.2 Å². The average molecular weight is 390 g/mol.